The van der Waals surface area contributed by atoms with E-state index in [9.17, 15) is 5.11 Å². The number of hydrogen-bond donors (Lipinski definition) is 2. The first-order chi connectivity index (χ1) is 8.93. The van der Waals surface area contributed by atoms with Gasteiger partial charge in [0.25, 0.3) is 0 Å². The zero-order chi connectivity index (χ0) is 14.0. The largest absolute Gasteiger partial charge is 0.396 e. The summed E-state index contributed by atoms with van der Waals surface area (Å²) in [6.07, 6.45) is 6.31. The average Bonchev–Trinajstić information content (AvgIpc) is 2.71. The molecule has 2 unspecified atom stereocenters. The van der Waals surface area contributed by atoms with Gasteiger partial charge in [-0.25, -0.2) is 0 Å². The topological polar surface area (TPSA) is 50.1 Å². The summed E-state index contributed by atoms with van der Waals surface area (Å²) in [5, 5.41) is 17.4. The highest BCUT2D eigenvalue weighted by Gasteiger charge is 2.30. The molecule has 2 rings (SSSR count). The molecule has 1 heterocycles. The van der Waals surface area contributed by atoms with Gasteiger partial charge in [-0.3, -0.25) is 4.68 Å². The zero-order valence-corrected chi connectivity index (χ0v) is 12.6. The molecule has 0 amide bonds. The Bertz CT molecular complexity index is 420. The van der Waals surface area contributed by atoms with Gasteiger partial charge >= 0.3 is 0 Å². The van der Waals surface area contributed by atoms with Crippen LogP contribution in [0.2, 0.25) is 0 Å². The number of nitrogens with zero attached hydrogens (tertiary/aromatic N) is 2. The first kappa shape index (κ1) is 14.5. The number of aliphatic hydroxyl groups excluding tert-OH is 1. The lowest BCUT2D eigenvalue weighted by Crippen LogP contribution is -2.43. The molecule has 0 saturated heterocycles. The maximum absolute atomic E-state index is 9.27. The van der Waals surface area contributed by atoms with Crippen LogP contribution in [0.4, 0.5) is 0 Å². The second-order valence-corrected chi connectivity index (χ2v) is 6.71. The van der Waals surface area contributed by atoms with Crippen molar-refractivity contribution < 1.29 is 5.11 Å². The van der Waals surface area contributed by atoms with Gasteiger partial charge in [0, 0.05) is 37.0 Å². The molecular weight excluding hydrogens is 238 g/mol. The lowest BCUT2D eigenvalue weighted by Gasteiger charge is -2.36. The minimum atomic E-state index is 0.155. The quantitative estimate of drug-likeness (QED) is 0.877. The molecule has 2 N–H and O–H groups in total. The van der Waals surface area contributed by atoms with Gasteiger partial charge in [0.1, 0.15) is 0 Å². The molecule has 1 aliphatic rings. The van der Waals surface area contributed by atoms with Crippen molar-refractivity contribution in [3.8, 4) is 0 Å². The zero-order valence-electron chi connectivity index (χ0n) is 12.6. The average molecular weight is 265 g/mol. The van der Waals surface area contributed by atoms with Gasteiger partial charge in [-0.15, -0.1) is 0 Å². The minimum absolute atomic E-state index is 0.155. The minimum Gasteiger partial charge on any atom is -0.396 e. The summed E-state index contributed by atoms with van der Waals surface area (Å²) in [5.74, 6) is 0. The fourth-order valence-electron chi connectivity index (χ4n) is 3.02. The second kappa shape index (κ2) is 5.63. The van der Waals surface area contributed by atoms with Crippen LogP contribution in [0.3, 0.4) is 0 Å². The summed E-state index contributed by atoms with van der Waals surface area (Å²) in [7, 11) is 2.02. The molecule has 0 radical (unpaired) electrons. The van der Waals surface area contributed by atoms with Crippen LogP contribution < -0.4 is 5.32 Å². The molecule has 0 saturated carbocycles. The Labute approximate surface area is 116 Å². The van der Waals surface area contributed by atoms with Crippen LogP contribution in [-0.2, 0) is 13.5 Å². The normalized spacial score (nSPS) is 21.2. The van der Waals surface area contributed by atoms with E-state index in [1.807, 2.05) is 17.9 Å². The summed E-state index contributed by atoms with van der Waals surface area (Å²) < 4.78 is 2.00. The van der Waals surface area contributed by atoms with Crippen LogP contribution in [0.15, 0.2) is 6.20 Å². The number of rotatable bonds is 4. The van der Waals surface area contributed by atoms with E-state index >= 15 is 0 Å². The Morgan fingerprint density at radius 1 is 1.53 bits per heavy atom. The summed E-state index contributed by atoms with van der Waals surface area (Å²) in [6.45, 7) is 6.93. The molecule has 1 aliphatic carbocycles. The first-order valence-electron chi connectivity index (χ1n) is 7.31. The molecule has 0 aliphatic heterocycles. The van der Waals surface area contributed by atoms with Crippen LogP contribution in [-0.4, -0.2) is 27.5 Å². The third-order valence-electron chi connectivity index (χ3n) is 4.24. The van der Waals surface area contributed by atoms with Crippen molar-refractivity contribution in [3.63, 3.8) is 0 Å². The van der Waals surface area contributed by atoms with Crippen molar-refractivity contribution in [3.05, 3.63) is 17.5 Å². The van der Waals surface area contributed by atoms with Crippen LogP contribution >= 0.6 is 0 Å². The summed E-state index contributed by atoms with van der Waals surface area (Å²) in [4.78, 5) is 0. The van der Waals surface area contributed by atoms with Gasteiger partial charge < -0.3 is 10.4 Å². The van der Waals surface area contributed by atoms with Crippen molar-refractivity contribution in [2.75, 3.05) is 6.61 Å². The number of aryl methyl sites for hydroxylation is 1. The summed E-state index contributed by atoms with van der Waals surface area (Å²) in [5.41, 5.74) is 2.86. The van der Waals surface area contributed by atoms with Crippen molar-refractivity contribution in [1.29, 1.82) is 0 Å². The van der Waals surface area contributed by atoms with Gasteiger partial charge in [0.15, 0.2) is 0 Å². The fourth-order valence-corrected chi connectivity index (χ4v) is 3.02. The van der Waals surface area contributed by atoms with Crippen molar-refractivity contribution in [1.82, 2.24) is 15.1 Å². The Morgan fingerprint density at radius 2 is 2.26 bits per heavy atom. The van der Waals surface area contributed by atoms with Gasteiger partial charge in [-0.2, -0.15) is 5.10 Å². The van der Waals surface area contributed by atoms with E-state index in [0.717, 1.165) is 19.3 Å². The van der Waals surface area contributed by atoms with E-state index < -0.39 is 0 Å². The standard InChI is InChI=1S/C15H27N3O/c1-15(2,3)14(8-9-19)17-12-6-5-7-13-11(12)10-16-18(13)4/h10,12,14,17,19H,5-9H2,1-4H3. The molecule has 0 fully saturated rings. The monoisotopic (exact) mass is 265 g/mol. The molecular formula is C15H27N3O. The third-order valence-corrected chi connectivity index (χ3v) is 4.24. The number of hydrogen-bond acceptors (Lipinski definition) is 3. The van der Waals surface area contributed by atoms with Gasteiger partial charge in [0.2, 0.25) is 0 Å². The molecule has 0 aromatic carbocycles. The Morgan fingerprint density at radius 3 is 2.89 bits per heavy atom. The van der Waals surface area contributed by atoms with Gasteiger partial charge in [-0.05, 0) is 31.1 Å². The van der Waals surface area contributed by atoms with Crippen molar-refractivity contribution in [2.24, 2.45) is 12.5 Å². The Hall–Kier alpha value is -0.870. The Kier molecular flexibility index (Phi) is 4.31. The molecule has 0 bridgehead atoms. The molecule has 19 heavy (non-hydrogen) atoms. The van der Waals surface area contributed by atoms with Gasteiger partial charge in [0.05, 0.1) is 6.20 Å². The van der Waals surface area contributed by atoms with Crippen LogP contribution in [0.25, 0.3) is 0 Å². The number of aliphatic hydroxyl groups is 1. The lowest BCUT2D eigenvalue weighted by atomic mass is 9.83. The Balaban J connectivity index is 2.14. The number of aromatic nitrogens is 2. The molecule has 1 aromatic heterocycles. The third kappa shape index (κ3) is 3.18. The highest BCUT2D eigenvalue weighted by Crippen LogP contribution is 2.32. The van der Waals surface area contributed by atoms with Gasteiger partial charge in [-0.1, -0.05) is 20.8 Å². The maximum atomic E-state index is 9.27. The van der Waals surface area contributed by atoms with E-state index in [0.29, 0.717) is 12.1 Å². The highest BCUT2D eigenvalue weighted by molar-refractivity contribution is 5.25. The van der Waals surface area contributed by atoms with Crippen molar-refractivity contribution >= 4 is 0 Å². The molecule has 4 heteroatoms. The van der Waals surface area contributed by atoms with E-state index in [2.05, 4.69) is 31.2 Å². The summed E-state index contributed by atoms with van der Waals surface area (Å²) >= 11 is 0. The van der Waals surface area contributed by atoms with Crippen LogP contribution in [0.5, 0.6) is 0 Å². The SMILES string of the molecule is Cn1ncc2c1CCCC2NC(CCO)C(C)(C)C. The smallest absolute Gasteiger partial charge is 0.0540 e. The lowest BCUT2D eigenvalue weighted by molar-refractivity contribution is 0.181. The molecule has 0 spiro atoms. The highest BCUT2D eigenvalue weighted by atomic mass is 16.3. The molecule has 1 aromatic rings. The molecule has 108 valence electrons. The maximum Gasteiger partial charge on any atom is 0.0540 e. The van der Waals surface area contributed by atoms with E-state index in [4.69, 9.17) is 0 Å². The van der Waals surface area contributed by atoms with E-state index in [1.54, 1.807) is 0 Å². The second-order valence-electron chi connectivity index (χ2n) is 6.71. The first-order valence-corrected chi connectivity index (χ1v) is 7.31. The molecule has 2 atom stereocenters. The summed E-state index contributed by atoms with van der Waals surface area (Å²) in [6, 6.07) is 0.710. The predicted molar refractivity (Wildman–Crippen MR) is 77.0 cm³/mol. The van der Waals surface area contributed by atoms with Crippen molar-refractivity contribution in [2.45, 2.75) is 58.5 Å². The number of fused-ring (bicyclic) bond motifs is 1. The van der Waals surface area contributed by atoms with Crippen LogP contribution in [0.1, 0.15) is 57.3 Å². The molecule has 4 nitrogen and oxygen atoms in total. The number of nitrogens with one attached hydrogen (secondary N) is 1. The predicted octanol–water partition coefficient (Wildman–Crippen LogP) is 2.18. The van der Waals surface area contributed by atoms with Crippen LogP contribution in [0, 0.1) is 5.41 Å². The van der Waals surface area contributed by atoms with E-state index in [-0.39, 0.29) is 12.0 Å². The van der Waals surface area contributed by atoms with E-state index in [1.165, 1.54) is 17.7 Å². The fraction of sp³-hybridized carbons (Fsp3) is 0.800.